The first-order chi connectivity index (χ1) is 10.2. The van der Waals surface area contributed by atoms with Crippen molar-refractivity contribution in [2.75, 3.05) is 6.61 Å². The summed E-state index contributed by atoms with van der Waals surface area (Å²) in [6.07, 6.45) is 1.49. The van der Waals surface area contributed by atoms with E-state index in [4.69, 9.17) is 10.5 Å². The number of nitrogens with one attached hydrogen (secondary N) is 1. The maximum absolute atomic E-state index is 12.6. The molecule has 0 aromatic carbocycles. The molecule has 22 heavy (non-hydrogen) atoms. The monoisotopic (exact) mass is 324 g/mol. The summed E-state index contributed by atoms with van der Waals surface area (Å²) in [5.74, 6) is -0.0609. The van der Waals surface area contributed by atoms with Crippen LogP contribution in [-0.2, 0) is 16.0 Å². The van der Waals surface area contributed by atoms with Gasteiger partial charge in [0.1, 0.15) is 5.54 Å². The summed E-state index contributed by atoms with van der Waals surface area (Å²) in [6, 6.07) is 4.31. The fraction of sp³-hybridized carbons (Fsp3) is 0.706. The Morgan fingerprint density at radius 3 is 2.73 bits per heavy atom. The van der Waals surface area contributed by atoms with Gasteiger partial charge in [-0.05, 0) is 32.9 Å². The fourth-order valence-corrected chi connectivity index (χ4v) is 4.14. The number of carbonyl (C=O) groups excluding carboxylic acids is 1. The van der Waals surface area contributed by atoms with Gasteiger partial charge in [0, 0.05) is 40.7 Å². The number of aryl methyl sites for hydroxylation is 1. The van der Waals surface area contributed by atoms with E-state index in [2.05, 4.69) is 24.4 Å². The van der Waals surface area contributed by atoms with Gasteiger partial charge in [0.15, 0.2) is 0 Å². The second-order valence-electron chi connectivity index (χ2n) is 6.93. The van der Waals surface area contributed by atoms with Crippen molar-refractivity contribution in [2.45, 2.75) is 65.1 Å². The van der Waals surface area contributed by atoms with Crippen LogP contribution in [0, 0.1) is 12.3 Å². The van der Waals surface area contributed by atoms with Crippen molar-refractivity contribution < 1.29 is 9.53 Å². The number of amides is 1. The van der Waals surface area contributed by atoms with Crippen molar-refractivity contribution in [1.82, 2.24) is 5.32 Å². The summed E-state index contributed by atoms with van der Waals surface area (Å²) in [7, 11) is 0. The van der Waals surface area contributed by atoms with Gasteiger partial charge in [-0.2, -0.15) is 0 Å². The minimum atomic E-state index is -0.841. The molecular formula is C17H28N2O2S. The minimum Gasteiger partial charge on any atom is -0.378 e. The van der Waals surface area contributed by atoms with Gasteiger partial charge in [0.05, 0.1) is 6.10 Å². The molecule has 3 atom stereocenters. The van der Waals surface area contributed by atoms with Crippen molar-refractivity contribution in [1.29, 1.82) is 0 Å². The Balaban J connectivity index is 1.94. The molecule has 0 aliphatic heterocycles. The number of nitrogens with two attached hydrogens (primary N) is 1. The van der Waals surface area contributed by atoms with Gasteiger partial charge in [-0.25, -0.2) is 0 Å². The Bertz CT molecular complexity index is 541. The largest absolute Gasteiger partial charge is 0.378 e. The van der Waals surface area contributed by atoms with Gasteiger partial charge in [-0.15, -0.1) is 11.3 Å². The lowest BCUT2D eigenvalue weighted by Crippen LogP contribution is -2.76. The highest BCUT2D eigenvalue weighted by molar-refractivity contribution is 7.11. The van der Waals surface area contributed by atoms with Crippen molar-refractivity contribution in [3.63, 3.8) is 0 Å². The summed E-state index contributed by atoms with van der Waals surface area (Å²) in [5.41, 5.74) is 5.22. The van der Waals surface area contributed by atoms with Crippen LogP contribution in [0.1, 0.15) is 43.9 Å². The molecule has 2 rings (SSSR count). The molecule has 1 aromatic rings. The van der Waals surface area contributed by atoms with E-state index in [1.54, 1.807) is 11.3 Å². The molecular weight excluding hydrogens is 296 g/mol. The Kier molecular flexibility index (Phi) is 5.00. The van der Waals surface area contributed by atoms with Crippen LogP contribution in [0.15, 0.2) is 12.1 Å². The number of hydrogen-bond donors (Lipinski definition) is 2. The zero-order valence-electron chi connectivity index (χ0n) is 14.2. The van der Waals surface area contributed by atoms with Crippen LogP contribution in [0.5, 0.6) is 0 Å². The summed E-state index contributed by atoms with van der Waals surface area (Å²) in [6.45, 7) is 10.8. The molecule has 5 heteroatoms. The number of thiophene rings is 1. The predicted octanol–water partition coefficient (Wildman–Crippen LogP) is 2.64. The van der Waals surface area contributed by atoms with E-state index in [0.717, 1.165) is 6.42 Å². The molecule has 1 saturated carbocycles. The number of rotatable bonds is 6. The Hall–Kier alpha value is -0.910. The lowest BCUT2D eigenvalue weighted by Gasteiger charge is -2.57. The molecule has 1 aromatic heterocycles. The average Bonchev–Trinajstić information content (AvgIpc) is 2.83. The molecule has 4 nitrogen and oxygen atoms in total. The lowest BCUT2D eigenvalue weighted by molar-refractivity contribution is -0.171. The molecule has 1 amide bonds. The van der Waals surface area contributed by atoms with Gasteiger partial charge in [0.2, 0.25) is 5.91 Å². The van der Waals surface area contributed by atoms with Crippen molar-refractivity contribution in [2.24, 2.45) is 11.1 Å². The van der Waals surface area contributed by atoms with E-state index in [-0.39, 0.29) is 23.5 Å². The first-order valence-electron chi connectivity index (χ1n) is 7.97. The molecule has 124 valence electrons. The number of ether oxygens (including phenoxy) is 1. The van der Waals surface area contributed by atoms with Crippen LogP contribution in [-0.4, -0.2) is 30.2 Å². The average molecular weight is 324 g/mol. The topological polar surface area (TPSA) is 64.3 Å². The van der Waals surface area contributed by atoms with Gasteiger partial charge in [0.25, 0.3) is 0 Å². The zero-order chi connectivity index (χ0) is 16.5. The first-order valence-corrected chi connectivity index (χ1v) is 8.79. The van der Waals surface area contributed by atoms with Crippen molar-refractivity contribution in [3.8, 4) is 0 Å². The van der Waals surface area contributed by atoms with E-state index >= 15 is 0 Å². The summed E-state index contributed by atoms with van der Waals surface area (Å²) < 4.78 is 5.68. The first kappa shape index (κ1) is 17.4. The Labute approximate surface area is 137 Å². The van der Waals surface area contributed by atoms with E-state index in [1.807, 2.05) is 27.7 Å². The number of hydrogen-bond acceptors (Lipinski definition) is 4. The molecule has 1 aliphatic carbocycles. The molecule has 0 radical (unpaired) electrons. The third-order valence-corrected chi connectivity index (χ3v) is 5.94. The van der Waals surface area contributed by atoms with E-state index in [0.29, 0.717) is 13.0 Å². The van der Waals surface area contributed by atoms with Crippen LogP contribution in [0.25, 0.3) is 0 Å². The maximum atomic E-state index is 12.6. The van der Waals surface area contributed by atoms with Crippen LogP contribution < -0.4 is 11.1 Å². The summed E-state index contributed by atoms with van der Waals surface area (Å²) >= 11 is 1.77. The molecule has 1 fully saturated rings. The van der Waals surface area contributed by atoms with Gasteiger partial charge < -0.3 is 15.8 Å². The van der Waals surface area contributed by atoms with Crippen LogP contribution in [0.3, 0.4) is 0 Å². The summed E-state index contributed by atoms with van der Waals surface area (Å²) in [5, 5.41) is 3.09. The lowest BCUT2D eigenvalue weighted by atomic mass is 9.54. The summed E-state index contributed by atoms with van der Waals surface area (Å²) in [4.78, 5) is 15.2. The second-order valence-corrected chi connectivity index (χ2v) is 8.30. The van der Waals surface area contributed by atoms with Gasteiger partial charge in [-0.3, -0.25) is 4.79 Å². The SMILES string of the molecule is CCOC1CC(N)(C(=O)NC(C)Cc2ccc(C)s2)C1(C)C. The molecule has 3 unspecified atom stereocenters. The Morgan fingerprint density at radius 2 is 2.23 bits per heavy atom. The van der Waals surface area contributed by atoms with E-state index < -0.39 is 5.54 Å². The Morgan fingerprint density at radius 1 is 1.55 bits per heavy atom. The van der Waals surface area contributed by atoms with Crippen LogP contribution in [0.4, 0.5) is 0 Å². The fourth-order valence-electron chi connectivity index (χ4n) is 3.12. The maximum Gasteiger partial charge on any atom is 0.241 e. The highest BCUT2D eigenvalue weighted by atomic mass is 32.1. The van der Waals surface area contributed by atoms with Crippen LogP contribution >= 0.6 is 11.3 Å². The van der Waals surface area contributed by atoms with Crippen molar-refractivity contribution in [3.05, 3.63) is 21.9 Å². The molecule has 0 saturated heterocycles. The quantitative estimate of drug-likeness (QED) is 0.845. The highest BCUT2D eigenvalue weighted by Gasteiger charge is 2.62. The molecule has 3 N–H and O–H groups in total. The van der Waals surface area contributed by atoms with E-state index in [1.165, 1.54) is 9.75 Å². The minimum absolute atomic E-state index is 0.0588. The molecule has 0 bridgehead atoms. The highest BCUT2D eigenvalue weighted by Crippen LogP contribution is 2.49. The normalized spacial score (nSPS) is 28.0. The molecule has 1 aliphatic rings. The second kappa shape index (κ2) is 6.30. The molecule has 1 heterocycles. The van der Waals surface area contributed by atoms with E-state index in [9.17, 15) is 4.79 Å². The van der Waals surface area contributed by atoms with Crippen LogP contribution in [0.2, 0.25) is 0 Å². The van der Waals surface area contributed by atoms with Crippen molar-refractivity contribution >= 4 is 17.2 Å². The van der Waals surface area contributed by atoms with Gasteiger partial charge >= 0.3 is 0 Å². The zero-order valence-corrected chi connectivity index (χ0v) is 15.0. The third-order valence-electron chi connectivity index (χ3n) is 4.92. The predicted molar refractivity (Wildman–Crippen MR) is 91.1 cm³/mol. The van der Waals surface area contributed by atoms with Gasteiger partial charge in [-0.1, -0.05) is 13.8 Å². The molecule has 0 spiro atoms. The third kappa shape index (κ3) is 3.07. The smallest absolute Gasteiger partial charge is 0.241 e. The number of carbonyl (C=O) groups is 1. The standard InChI is InChI=1S/C17H28N2O2S/c1-6-21-14-10-17(18,16(14,4)5)15(20)19-11(2)9-13-8-7-12(3)22-13/h7-8,11,14H,6,9-10,18H2,1-5H3,(H,19,20).